The molecule has 1 amide bonds. The van der Waals surface area contributed by atoms with Crippen molar-refractivity contribution in [3.05, 3.63) is 35.9 Å². The van der Waals surface area contributed by atoms with Crippen molar-refractivity contribution >= 4 is 6.09 Å². The molecule has 122 valence electrons. The van der Waals surface area contributed by atoms with E-state index in [1.807, 2.05) is 25.7 Å². The Morgan fingerprint density at radius 1 is 1.27 bits per heavy atom. The monoisotopic (exact) mass is 304 g/mol. The van der Waals surface area contributed by atoms with Gasteiger partial charge in [-0.15, -0.1) is 0 Å². The van der Waals surface area contributed by atoms with Crippen LogP contribution >= 0.6 is 0 Å². The van der Waals surface area contributed by atoms with Crippen LogP contribution < -0.4 is 0 Å². The van der Waals surface area contributed by atoms with Gasteiger partial charge in [0.25, 0.3) is 0 Å². The van der Waals surface area contributed by atoms with Gasteiger partial charge in [-0.2, -0.15) is 0 Å². The molecule has 2 rings (SSSR count). The zero-order chi connectivity index (χ0) is 15.9. The van der Waals surface area contributed by atoms with Gasteiger partial charge in [-0.25, -0.2) is 4.79 Å². The van der Waals surface area contributed by atoms with Gasteiger partial charge in [-0.05, 0) is 39.2 Å². The lowest BCUT2D eigenvalue weighted by atomic mass is 10.0. The Bertz CT molecular complexity index is 453. The van der Waals surface area contributed by atoms with E-state index in [4.69, 9.17) is 4.74 Å². The van der Waals surface area contributed by atoms with Crippen molar-refractivity contribution in [2.24, 2.45) is 0 Å². The number of likely N-dealkylation sites (tertiary alicyclic amines) is 1. The second-order valence-electron chi connectivity index (χ2n) is 6.21. The first-order chi connectivity index (χ1) is 10.6. The van der Waals surface area contributed by atoms with Crippen molar-refractivity contribution in [1.29, 1.82) is 0 Å². The molecule has 1 aliphatic heterocycles. The molecule has 22 heavy (non-hydrogen) atoms. The van der Waals surface area contributed by atoms with Gasteiger partial charge in [0.15, 0.2) is 0 Å². The first-order valence-electron chi connectivity index (χ1n) is 8.33. The maximum absolute atomic E-state index is 12.1. The largest absolute Gasteiger partial charge is 0.447 e. The maximum atomic E-state index is 12.1. The topological polar surface area (TPSA) is 32.8 Å². The van der Waals surface area contributed by atoms with Gasteiger partial charge in [-0.1, -0.05) is 30.3 Å². The molecule has 1 heterocycles. The smallest absolute Gasteiger partial charge is 0.410 e. The molecule has 1 aliphatic rings. The summed E-state index contributed by atoms with van der Waals surface area (Å²) in [5, 5.41) is 0. The summed E-state index contributed by atoms with van der Waals surface area (Å²) in [6.07, 6.45) is 1.82. The van der Waals surface area contributed by atoms with E-state index >= 15 is 0 Å². The maximum Gasteiger partial charge on any atom is 0.410 e. The number of rotatable bonds is 5. The van der Waals surface area contributed by atoms with Crippen LogP contribution in [0.4, 0.5) is 4.79 Å². The fourth-order valence-electron chi connectivity index (χ4n) is 3.04. The number of carbonyl (C=O) groups excluding carboxylic acids is 1. The Labute approximate surface area is 134 Å². The highest BCUT2D eigenvalue weighted by molar-refractivity contribution is 5.68. The lowest BCUT2D eigenvalue weighted by Gasteiger charge is -2.37. The van der Waals surface area contributed by atoms with Crippen molar-refractivity contribution in [2.75, 3.05) is 19.6 Å². The Morgan fingerprint density at radius 2 is 1.91 bits per heavy atom. The summed E-state index contributed by atoms with van der Waals surface area (Å²) in [6, 6.07) is 10.9. The van der Waals surface area contributed by atoms with Crippen LogP contribution in [0, 0.1) is 0 Å². The molecule has 0 aliphatic carbocycles. The van der Waals surface area contributed by atoms with Crippen LogP contribution in [0.3, 0.4) is 0 Å². The number of hydrogen-bond acceptors (Lipinski definition) is 3. The summed E-state index contributed by atoms with van der Waals surface area (Å²) < 4.78 is 5.35. The first-order valence-corrected chi connectivity index (χ1v) is 8.33. The van der Waals surface area contributed by atoms with Crippen LogP contribution in [0.15, 0.2) is 30.3 Å². The number of ether oxygens (including phenoxy) is 1. The Kier molecular flexibility index (Phi) is 6.25. The van der Waals surface area contributed by atoms with Crippen LogP contribution in [0.2, 0.25) is 0 Å². The van der Waals surface area contributed by atoms with Crippen LogP contribution in [0.25, 0.3) is 0 Å². The molecule has 0 unspecified atom stereocenters. The van der Waals surface area contributed by atoms with Crippen LogP contribution in [0.1, 0.15) is 39.2 Å². The van der Waals surface area contributed by atoms with Crippen molar-refractivity contribution in [3.63, 3.8) is 0 Å². The minimum absolute atomic E-state index is 0.0558. The highest BCUT2D eigenvalue weighted by Gasteiger charge is 2.28. The second kappa shape index (κ2) is 8.18. The van der Waals surface area contributed by atoms with E-state index < -0.39 is 0 Å². The first kappa shape index (κ1) is 16.8. The summed E-state index contributed by atoms with van der Waals surface area (Å²) in [5.41, 5.74) is 1.35. The molecule has 0 atom stereocenters. The second-order valence-corrected chi connectivity index (χ2v) is 6.21. The predicted octanol–water partition coefficient (Wildman–Crippen LogP) is 3.52. The van der Waals surface area contributed by atoms with E-state index in [0.29, 0.717) is 6.04 Å². The van der Waals surface area contributed by atoms with E-state index in [0.717, 1.165) is 39.0 Å². The van der Waals surface area contributed by atoms with Crippen LogP contribution in [0.5, 0.6) is 0 Å². The van der Waals surface area contributed by atoms with Crippen molar-refractivity contribution in [2.45, 2.75) is 52.3 Å². The molecule has 1 fully saturated rings. The highest BCUT2D eigenvalue weighted by Crippen LogP contribution is 2.19. The predicted molar refractivity (Wildman–Crippen MR) is 88.7 cm³/mol. The van der Waals surface area contributed by atoms with Gasteiger partial charge in [0.05, 0.1) is 6.10 Å². The lowest BCUT2D eigenvalue weighted by molar-refractivity contribution is 0.0489. The highest BCUT2D eigenvalue weighted by atomic mass is 16.6. The molecule has 1 aromatic carbocycles. The van der Waals surface area contributed by atoms with Gasteiger partial charge in [0, 0.05) is 32.2 Å². The summed E-state index contributed by atoms with van der Waals surface area (Å²) in [4.78, 5) is 16.5. The Hall–Kier alpha value is -1.55. The molecule has 0 bridgehead atoms. The quantitative estimate of drug-likeness (QED) is 0.834. The number of nitrogens with zero attached hydrogens (tertiary/aromatic N) is 2. The van der Waals surface area contributed by atoms with Gasteiger partial charge in [-0.3, -0.25) is 4.90 Å². The standard InChI is InChI=1S/C18H28N2O2/c1-4-20(18(21)22-15(2)3)17-10-12-19(13-11-17)14-16-8-6-5-7-9-16/h5-9,15,17H,4,10-14H2,1-3H3. The van der Waals surface area contributed by atoms with E-state index in [2.05, 4.69) is 35.2 Å². The molecule has 0 spiro atoms. The van der Waals surface area contributed by atoms with Gasteiger partial charge in [0.2, 0.25) is 0 Å². The summed E-state index contributed by atoms with van der Waals surface area (Å²) in [5.74, 6) is 0. The van der Waals surface area contributed by atoms with Crippen LogP contribution in [-0.4, -0.2) is 47.7 Å². The Morgan fingerprint density at radius 3 is 2.45 bits per heavy atom. The normalized spacial score (nSPS) is 16.7. The molecule has 0 aromatic heterocycles. The third-order valence-electron chi connectivity index (χ3n) is 4.16. The van der Waals surface area contributed by atoms with Gasteiger partial charge < -0.3 is 9.64 Å². The fraction of sp³-hybridized carbons (Fsp3) is 0.611. The van der Waals surface area contributed by atoms with E-state index in [9.17, 15) is 4.79 Å². The molecule has 1 saturated heterocycles. The third kappa shape index (κ3) is 4.73. The molecule has 4 nitrogen and oxygen atoms in total. The number of benzene rings is 1. The van der Waals surface area contributed by atoms with Crippen molar-refractivity contribution in [3.8, 4) is 0 Å². The Balaban J connectivity index is 1.84. The van der Waals surface area contributed by atoms with E-state index in [1.165, 1.54) is 5.56 Å². The SMILES string of the molecule is CCN(C(=O)OC(C)C)C1CCN(Cc2ccccc2)CC1. The molecular formula is C18H28N2O2. The molecule has 4 heteroatoms. The number of piperidine rings is 1. The fourth-order valence-corrected chi connectivity index (χ4v) is 3.04. The minimum atomic E-state index is -0.168. The van der Waals surface area contributed by atoms with E-state index in [1.54, 1.807) is 0 Å². The lowest BCUT2D eigenvalue weighted by Crippen LogP contribution is -2.47. The summed E-state index contributed by atoms with van der Waals surface area (Å²) in [7, 11) is 0. The van der Waals surface area contributed by atoms with Crippen molar-refractivity contribution < 1.29 is 9.53 Å². The zero-order valence-electron chi connectivity index (χ0n) is 14.0. The molecular weight excluding hydrogens is 276 g/mol. The number of hydrogen-bond donors (Lipinski definition) is 0. The van der Waals surface area contributed by atoms with Crippen LogP contribution in [-0.2, 0) is 11.3 Å². The molecule has 0 radical (unpaired) electrons. The van der Waals surface area contributed by atoms with Gasteiger partial charge >= 0.3 is 6.09 Å². The average Bonchev–Trinajstić information content (AvgIpc) is 2.50. The zero-order valence-corrected chi connectivity index (χ0v) is 14.0. The molecule has 0 saturated carbocycles. The van der Waals surface area contributed by atoms with E-state index in [-0.39, 0.29) is 12.2 Å². The average molecular weight is 304 g/mol. The third-order valence-corrected chi connectivity index (χ3v) is 4.16. The minimum Gasteiger partial charge on any atom is -0.447 e. The molecule has 1 aromatic rings. The van der Waals surface area contributed by atoms with Gasteiger partial charge in [0.1, 0.15) is 0 Å². The summed E-state index contributed by atoms with van der Waals surface area (Å²) in [6.45, 7) is 9.60. The number of amides is 1. The molecule has 0 N–H and O–H groups in total. The number of carbonyl (C=O) groups is 1. The van der Waals surface area contributed by atoms with Crippen molar-refractivity contribution in [1.82, 2.24) is 9.80 Å². The summed E-state index contributed by atoms with van der Waals surface area (Å²) >= 11 is 0.